The molecule has 0 spiro atoms. The van der Waals surface area contributed by atoms with E-state index < -0.39 is 5.60 Å². The number of allylic oxidation sites excluding steroid dienone is 1. The van der Waals surface area contributed by atoms with E-state index in [1.54, 1.807) is 0 Å². The lowest BCUT2D eigenvalue weighted by Crippen LogP contribution is -2.62. The van der Waals surface area contributed by atoms with Crippen LogP contribution in [0.5, 0.6) is 0 Å². The lowest BCUT2D eigenvalue weighted by atomic mass is 9.43. The molecule has 5 heteroatoms. The summed E-state index contributed by atoms with van der Waals surface area (Å²) in [7, 11) is 0. The van der Waals surface area contributed by atoms with Crippen molar-refractivity contribution in [2.75, 3.05) is 19.7 Å². The number of nitrogens with two attached hydrogens (primary N) is 1. The van der Waals surface area contributed by atoms with Gasteiger partial charge in [-0.3, -0.25) is 0 Å². The molecule has 0 aromatic carbocycles. The van der Waals surface area contributed by atoms with Crippen LogP contribution in [0, 0.1) is 34.5 Å². The fourth-order valence-electron chi connectivity index (χ4n) is 8.21. The van der Waals surface area contributed by atoms with E-state index in [1.165, 1.54) is 18.4 Å². The van der Waals surface area contributed by atoms with Gasteiger partial charge in [0.2, 0.25) is 0 Å². The van der Waals surface area contributed by atoms with Gasteiger partial charge in [0.05, 0.1) is 18.3 Å². The van der Waals surface area contributed by atoms with E-state index in [2.05, 4.69) is 32.3 Å². The summed E-state index contributed by atoms with van der Waals surface area (Å²) < 4.78 is 0. The first-order chi connectivity index (χ1) is 14.2. The lowest BCUT2D eigenvalue weighted by Gasteiger charge is -2.63. The van der Waals surface area contributed by atoms with E-state index in [4.69, 9.17) is 10.6 Å². The first-order valence-electron chi connectivity index (χ1n) is 12.4. The summed E-state index contributed by atoms with van der Waals surface area (Å²) in [6.45, 7) is 8.75. The van der Waals surface area contributed by atoms with E-state index in [1.807, 2.05) is 0 Å². The minimum absolute atomic E-state index is 0.0368. The van der Waals surface area contributed by atoms with Crippen LogP contribution >= 0.6 is 0 Å². The van der Waals surface area contributed by atoms with Gasteiger partial charge in [0.25, 0.3) is 0 Å². The molecule has 0 bridgehead atoms. The van der Waals surface area contributed by atoms with Crippen LogP contribution in [0.1, 0.15) is 78.6 Å². The fourth-order valence-corrected chi connectivity index (χ4v) is 8.21. The molecule has 0 amide bonds. The highest BCUT2D eigenvalue weighted by atomic mass is 16.6. The fraction of sp³-hybridized carbons (Fsp3) is 0.920. The predicted octanol–water partition coefficient (Wildman–Crippen LogP) is 3.55. The maximum Gasteiger partial charge on any atom is 0.0804 e. The van der Waals surface area contributed by atoms with E-state index in [-0.39, 0.29) is 11.5 Å². The van der Waals surface area contributed by atoms with Crippen LogP contribution in [-0.2, 0) is 4.84 Å². The van der Waals surface area contributed by atoms with Crippen molar-refractivity contribution in [1.29, 1.82) is 0 Å². The molecule has 172 valence electrons. The van der Waals surface area contributed by atoms with Crippen molar-refractivity contribution in [3.05, 3.63) is 11.6 Å². The molecule has 5 N–H and O–H groups in total. The summed E-state index contributed by atoms with van der Waals surface area (Å²) >= 11 is 0. The standard InChI is InChI=1S/C25H44N2O3/c1-17(16-27-30-13-12-26)14-19-6-11-25(29)22-5-4-18-15-20(28)7-9-23(18,2)21(22)8-10-24(19,25)3/h14,18-22,27-29H,4-13,15-16,26H2,1-3H3/b17-14+/t18?,19?,20?,21-,22-,23+,24-,25-/m1/s1. The Bertz CT molecular complexity index is 654. The van der Waals surface area contributed by atoms with Crippen molar-refractivity contribution in [3.8, 4) is 0 Å². The topological polar surface area (TPSA) is 87.7 Å². The third-order valence-electron chi connectivity index (χ3n) is 10.1. The number of hydrogen-bond donors (Lipinski definition) is 4. The van der Waals surface area contributed by atoms with Gasteiger partial charge in [0.15, 0.2) is 0 Å². The molecule has 4 saturated carbocycles. The molecule has 4 aliphatic rings. The lowest BCUT2D eigenvalue weighted by molar-refractivity contribution is -0.207. The average Bonchev–Trinajstić information content (AvgIpc) is 2.97. The van der Waals surface area contributed by atoms with Gasteiger partial charge in [-0.25, -0.2) is 0 Å². The monoisotopic (exact) mass is 420 g/mol. The predicted molar refractivity (Wildman–Crippen MR) is 119 cm³/mol. The molecule has 0 heterocycles. The number of rotatable bonds is 6. The average molecular weight is 421 g/mol. The molecule has 4 fully saturated rings. The Kier molecular flexibility index (Phi) is 6.42. The minimum Gasteiger partial charge on any atom is -0.393 e. The molecule has 4 rings (SSSR count). The van der Waals surface area contributed by atoms with E-state index in [0.29, 0.717) is 48.8 Å². The SMILES string of the molecule is C/C(=C\C1CC[C@@]2(O)[C@@H]3CCC4CC(O)CC[C@]4(C)[C@@H]3CC[C@]12C)CNOCCN. The van der Waals surface area contributed by atoms with Crippen LogP contribution in [-0.4, -0.2) is 41.6 Å². The van der Waals surface area contributed by atoms with Crippen LogP contribution in [0.3, 0.4) is 0 Å². The van der Waals surface area contributed by atoms with Crippen LogP contribution in [0.25, 0.3) is 0 Å². The van der Waals surface area contributed by atoms with Gasteiger partial charge in [-0.05, 0) is 93.8 Å². The van der Waals surface area contributed by atoms with Crippen LogP contribution in [0.4, 0.5) is 0 Å². The van der Waals surface area contributed by atoms with Gasteiger partial charge in [-0.1, -0.05) is 25.5 Å². The number of hydroxylamine groups is 1. The molecule has 3 unspecified atom stereocenters. The summed E-state index contributed by atoms with van der Waals surface area (Å²) in [5.41, 5.74) is 9.47. The van der Waals surface area contributed by atoms with Crippen molar-refractivity contribution in [2.45, 2.75) is 90.3 Å². The molecular weight excluding hydrogens is 376 g/mol. The van der Waals surface area contributed by atoms with Gasteiger partial charge in [0.1, 0.15) is 0 Å². The number of hydrogen-bond acceptors (Lipinski definition) is 5. The third kappa shape index (κ3) is 3.59. The van der Waals surface area contributed by atoms with Gasteiger partial charge in [0, 0.05) is 18.5 Å². The molecule has 30 heavy (non-hydrogen) atoms. The Morgan fingerprint density at radius 2 is 1.90 bits per heavy atom. The Balaban J connectivity index is 1.50. The highest BCUT2D eigenvalue weighted by molar-refractivity contribution is 5.21. The smallest absolute Gasteiger partial charge is 0.0804 e. The summed E-state index contributed by atoms with van der Waals surface area (Å²) in [6, 6.07) is 0. The summed E-state index contributed by atoms with van der Waals surface area (Å²) in [4.78, 5) is 5.33. The Morgan fingerprint density at radius 3 is 2.67 bits per heavy atom. The summed E-state index contributed by atoms with van der Waals surface area (Å²) in [6.07, 6.45) is 12.0. The van der Waals surface area contributed by atoms with Crippen LogP contribution < -0.4 is 11.2 Å². The second kappa shape index (κ2) is 8.47. The minimum atomic E-state index is -0.551. The molecule has 0 aliphatic heterocycles. The van der Waals surface area contributed by atoms with E-state index in [0.717, 1.165) is 44.9 Å². The Hall–Kier alpha value is -0.460. The van der Waals surface area contributed by atoms with Crippen molar-refractivity contribution in [1.82, 2.24) is 5.48 Å². The number of aliphatic hydroxyl groups is 2. The van der Waals surface area contributed by atoms with Gasteiger partial charge in [-0.15, -0.1) is 0 Å². The third-order valence-corrected chi connectivity index (χ3v) is 10.1. The molecule has 0 saturated heterocycles. The van der Waals surface area contributed by atoms with E-state index >= 15 is 0 Å². The molecule has 0 aromatic heterocycles. The number of aliphatic hydroxyl groups excluding tert-OH is 1. The highest BCUT2D eigenvalue weighted by Gasteiger charge is 2.66. The summed E-state index contributed by atoms with van der Waals surface area (Å²) in [5, 5.41) is 22.5. The number of fused-ring (bicyclic) bond motifs is 5. The second-order valence-corrected chi connectivity index (χ2v) is 11.4. The molecule has 8 atom stereocenters. The highest BCUT2D eigenvalue weighted by Crippen LogP contribution is 2.69. The molecule has 0 radical (unpaired) electrons. The Labute approximate surface area is 182 Å². The zero-order valence-corrected chi connectivity index (χ0v) is 19.3. The van der Waals surface area contributed by atoms with Gasteiger partial charge >= 0.3 is 0 Å². The van der Waals surface area contributed by atoms with Crippen molar-refractivity contribution < 1.29 is 15.1 Å². The zero-order chi connectivity index (χ0) is 21.6. The molecule has 4 aliphatic carbocycles. The normalized spacial score (nSPS) is 48.7. The van der Waals surface area contributed by atoms with Gasteiger partial charge < -0.3 is 20.8 Å². The zero-order valence-electron chi connectivity index (χ0n) is 19.3. The van der Waals surface area contributed by atoms with Crippen molar-refractivity contribution >= 4 is 0 Å². The first-order valence-corrected chi connectivity index (χ1v) is 12.4. The van der Waals surface area contributed by atoms with Crippen molar-refractivity contribution in [2.24, 2.45) is 40.2 Å². The molecular formula is C25H44N2O3. The van der Waals surface area contributed by atoms with Crippen LogP contribution in [0.2, 0.25) is 0 Å². The number of nitrogens with one attached hydrogen (secondary N) is 1. The Morgan fingerprint density at radius 1 is 1.10 bits per heavy atom. The maximum absolute atomic E-state index is 12.2. The van der Waals surface area contributed by atoms with Crippen molar-refractivity contribution in [3.63, 3.8) is 0 Å². The quantitative estimate of drug-likeness (QED) is 0.300. The largest absolute Gasteiger partial charge is 0.393 e. The first kappa shape index (κ1) is 22.7. The van der Waals surface area contributed by atoms with Gasteiger partial charge in [-0.2, -0.15) is 5.48 Å². The summed E-state index contributed by atoms with van der Waals surface area (Å²) in [5.74, 6) is 2.09. The second-order valence-electron chi connectivity index (χ2n) is 11.4. The maximum atomic E-state index is 12.2. The molecule has 0 aromatic rings. The molecule has 5 nitrogen and oxygen atoms in total. The van der Waals surface area contributed by atoms with E-state index in [9.17, 15) is 10.2 Å². The van der Waals surface area contributed by atoms with Crippen LogP contribution in [0.15, 0.2) is 11.6 Å².